The summed E-state index contributed by atoms with van der Waals surface area (Å²) in [4.78, 5) is 77.6. The number of Topliss-reactive ketones (excluding diaryl/α,β-unsaturated/α-hetero) is 2. The lowest BCUT2D eigenvalue weighted by atomic mass is 9.78. The molecule has 0 saturated heterocycles. The van der Waals surface area contributed by atoms with Gasteiger partial charge in [0, 0.05) is 24.6 Å². The molecule has 16 nitrogen and oxygen atoms in total. The highest BCUT2D eigenvalue weighted by atomic mass is 16.5. The largest absolute Gasteiger partial charge is 0.462 e. The molecular weight excluding hydrogens is 1130 g/mol. The van der Waals surface area contributed by atoms with E-state index >= 15 is 0 Å². The number of esters is 2. The number of nitrogens with zero attached hydrogens (tertiary/aromatic N) is 4. The first kappa shape index (κ1) is 75.7. The molecule has 90 heavy (non-hydrogen) atoms. The Hall–Kier alpha value is -6.78. The third-order valence-corrected chi connectivity index (χ3v) is 16.7. The molecule has 4 aromatic rings. The number of ether oxygens (including phenoxy) is 2. The number of amides is 2. The summed E-state index contributed by atoms with van der Waals surface area (Å²) >= 11 is 0. The molecule has 4 N–H and O–H groups in total. The maximum absolute atomic E-state index is 13.3. The van der Waals surface area contributed by atoms with Crippen molar-refractivity contribution in [2.75, 3.05) is 37.1 Å². The molecule has 0 fully saturated rings. The summed E-state index contributed by atoms with van der Waals surface area (Å²) in [5, 5.41) is 40.3. The van der Waals surface area contributed by atoms with E-state index in [0.29, 0.717) is 24.2 Å². The molecule has 494 valence electrons. The van der Waals surface area contributed by atoms with E-state index in [-0.39, 0.29) is 48.9 Å². The Balaban J connectivity index is 1.22. The molecule has 0 spiro atoms. The standard InChI is InChI=1S/C74H108N6O10/c1-5-7-9-11-13-19-25-35-61(37-27-21-15-17-23-33-55-89-73(87)65-39-29-31-41-67(65)77-79-69(57(3)83)71(85)75-63-47-43-59(44-48-63)51-53-81)62(36-26-20-14-12-10-8-6-2)38-28-22-16-18-24-34-56-90-74(88)66-40-30-32-42-68(66)78-80-70(58(4)84)72(86)76-64-49-45-60(46-50-64)52-54-82/h29-32,39-50,61-62,69-70,81-82H,5-28,33-38,51-56H2,1-4H3,(H,75,85)(H,76,86). The number of azo groups is 2. The van der Waals surface area contributed by atoms with Crippen LogP contribution in [0.2, 0.25) is 0 Å². The van der Waals surface area contributed by atoms with E-state index in [2.05, 4.69) is 44.9 Å². The summed E-state index contributed by atoms with van der Waals surface area (Å²) in [6.07, 6.45) is 37.5. The van der Waals surface area contributed by atoms with Crippen molar-refractivity contribution in [3.05, 3.63) is 119 Å². The minimum atomic E-state index is -1.41. The number of nitrogens with one attached hydrogen (secondary N) is 2. The summed E-state index contributed by atoms with van der Waals surface area (Å²) < 4.78 is 11.4. The van der Waals surface area contributed by atoms with Crippen LogP contribution in [0.15, 0.2) is 118 Å². The fraction of sp³-hybridized carbons (Fsp3) is 0.595. The van der Waals surface area contributed by atoms with Crippen molar-refractivity contribution in [3.63, 3.8) is 0 Å². The molecule has 0 saturated carbocycles. The van der Waals surface area contributed by atoms with Gasteiger partial charge in [-0.05, 0) is 111 Å². The number of carbonyl (C=O) groups is 6. The second-order valence-corrected chi connectivity index (χ2v) is 24.2. The zero-order valence-corrected chi connectivity index (χ0v) is 55.0. The highest BCUT2D eigenvalue weighted by Crippen LogP contribution is 2.34. The van der Waals surface area contributed by atoms with E-state index in [0.717, 1.165) is 74.3 Å². The molecule has 4 atom stereocenters. The Morgan fingerprint density at radius 2 is 0.700 bits per heavy atom. The van der Waals surface area contributed by atoms with Gasteiger partial charge >= 0.3 is 11.9 Å². The van der Waals surface area contributed by atoms with Crippen LogP contribution in [0.5, 0.6) is 0 Å². The van der Waals surface area contributed by atoms with Crippen LogP contribution in [-0.2, 0) is 41.5 Å². The Morgan fingerprint density at radius 3 is 1.01 bits per heavy atom. The smallest absolute Gasteiger partial charge is 0.340 e. The number of carbonyl (C=O) groups excluding carboxylic acids is 6. The number of hydrogen-bond acceptors (Lipinski definition) is 14. The van der Waals surface area contributed by atoms with Gasteiger partial charge in [-0.25, -0.2) is 9.59 Å². The van der Waals surface area contributed by atoms with Crippen molar-refractivity contribution < 1.29 is 48.5 Å². The predicted molar refractivity (Wildman–Crippen MR) is 360 cm³/mol. The van der Waals surface area contributed by atoms with Crippen LogP contribution in [0.25, 0.3) is 0 Å². The number of unbranched alkanes of at least 4 members (excludes halogenated alkanes) is 22. The third kappa shape index (κ3) is 31.3. The zero-order chi connectivity index (χ0) is 64.8. The van der Waals surface area contributed by atoms with Gasteiger partial charge in [-0.2, -0.15) is 20.5 Å². The lowest BCUT2D eigenvalue weighted by molar-refractivity contribution is -0.127. The van der Waals surface area contributed by atoms with E-state index in [1.54, 1.807) is 97.1 Å². The fourth-order valence-corrected chi connectivity index (χ4v) is 11.4. The number of aliphatic hydroxyl groups excluding tert-OH is 2. The second-order valence-electron chi connectivity index (χ2n) is 24.2. The number of ketones is 2. The van der Waals surface area contributed by atoms with Crippen molar-refractivity contribution in [3.8, 4) is 0 Å². The summed E-state index contributed by atoms with van der Waals surface area (Å²) in [7, 11) is 0. The lowest BCUT2D eigenvalue weighted by Crippen LogP contribution is -2.31. The number of benzene rings is 4. The van der Waals surface area contributed by atoms with Gasteiger partial charge in [0.15, 0.2) is 11.6 Å². The van der Waals surface area contributed by atoms with E-state index in [1.165, 1.54) is 155 Å². The summed E-state index contributed by atoms with van der Waals surface area (Å²) in [6.45, 7) is 7.69. The minimum Gasteiger partial charge on any atom is -0.462 e. The normalized spacial score (nSPS) is 12.8. The number of aliphatic hydroxyl groups is 2. The number of rotatable bonds is 51. The average Bonchev–Trinajstić information content (AvgIpc) is 2.21. The molecule has 0 aliphatic heterocycles. The van der Waals surface area contributed by atoms with Gasteiger partial charge < -0.3 is 30.3 Å². The van der Waals surface area contributed by atoms with Crippen LogP contribution in [0.4, 0.5) is 22.7 Å². The van der Waals surface area contributed by atoms with Gasteiger partial charge in [0.05, 0.1) is 35.7 Å². The third-order valence-electron chi connectivity index (χ3n) is 16.7. The van der Waals surface area contributed by atoms with Crippen LogP contribution in [-0.4, -0.2) is 84.0 Å². The maximum atomic E-state index is 13.3. The van der Waals surface area contributed by atoms with Crippen molar-refractivity contribution in [2.45, 2.75) is 245 Å². The SMILES string of the molecule is CCCCCCCCCC(CCCCCCCCOC(=O)c1ccccc1N=NC(C(C)=O)C(=O)Nc1ccc(CCO)cc1)C(CCCCCCCCC)CCCCCCCCOC(=O)c1ccccc1N=NC(C(C)=O)C(=O)Nc1ccc(CCO)cc1. The van der Waals surface area contributed by atoms with Crippen LogP contribution in [0.1, 0.15) is 252 Å². The Kier molecular flexibility index (Phi) is 39.7. The highest BCUT2D eigenvalue weighted by Gasteiger charge is 2.26. The average molecular weight is 1240 g/mol. The Bertz CT molecular complexity index is 2550. The summed E-state index contributed by atoms with van der Waals surface area (Å²) in [5.41, 5.74) is 3.65. The van der Waals surface area contributed by atoms with Crippen molar-refractivity contribution in [1.29, 1.82) is 0 Å². The van der Waals surface area contributed by atoms with E-state index in [1.807, 2.05) is 0 Å². The quantitative estimate of drug-likeness (QED) is 0.0141. The molecule has 0 radical (unpaired) electrons. The van der Waals surface area contributed by atoms with E-state index in [9.17, 15) is 39.0 Å². The van der Waals surface area contributed by atoms with E-state index in [4.69, 9.17) is 9.47 Å². The predicted octanol–water partition coefficient (Wildman–Crippen LogP) is 18.1. The topological polar surface area (TPSA) is 235 Å². The molecule has 4 rings (SSSR count). The molecular formula is C74H108N6O10. The van der Waals surface area contributed by atoms with Crippen LogP contribution in [0.3, 0.4) is 0 Å². The van der Waals surface area contributed by atoms with Crippen LogP contribution < -0.4 is 10.6 Å². The second kappa shape index (κ2) is 47.2. The first-order chi connectivity index (χ1) is 43.9. The van der Waals surface area contributed by atoms with Gasteiger partial charge in [0.25, 0.3) is 11.8 Å². The maximum Gasteiger partial charge on any atom is 0.340 e. The number of hydrogen-bond donors (Lipinski definition) is 4. The van der Waals surface area contributed by atoms with Crippen LogP contribution in [0, 0.1) is 11.8 Å². The van der Waals surface area contributed by atoms with Gasteiger partial charge in [0.2, 0.25) is 12.1 Å². The van der Waals surface area contributed by atoms with Crippen molar-refractivity contribution in [1.82, 2.24) is 0 Å². The monoisotopic (exact) mass is 1240 g/mol. The highest BCUT2D eigenvalue weighted by molar-refractivity contribution is 6.11. The molecule has 0 heterocycles. The van der Waals surface area contributed by atoms with Crippen LogP contribution >= 0.6 is 0 Å². The van der Waals surface area contributed by atoms with Gasteiger partial charge in [-0.1, -0.05) is 242 Å². The molecule has 4 unspecified atom stereocenters. The minimum absolute atomic E-state index is 0.0149. The van der Waals surface area contributed by atoms with Crippen molar-refractivity contribution >= 4 is 58.1 Å². The molecule has 0 aliphatic carbocycles. The zero-order valence-electron chi connectivity index (χ0n) is 55.0. The summed E-state index contributed by atoms with van der Waals surface area (Å²) in [5.74, 6) is -1.83. The van der Waals surface area contributed by atoms with E-state index < -0.39 is 47.4 Å². The lowest BCUT2D eigenvalue weighted by Gasteiger charge is -2.28. The Morgan fingerprint density at radius 1 is 0.400 bits per heavy atom. The van der Waals surface area contributed by atoms with Gasteiger partial charge in [-0.3, -0.25) is 19.2 Å². The molecule has 4 aromatic carbocycles. The van der Waals surface area contributed by atoms with Gasteiger partial charge in [0.1, 0.15) is 0 Å². The first-order valence-electron chi connectivity index (χ1n) is 34.2. The molecule has 0 aromatic heterocycles. The Labute approximate surface area is 538 Å². The van der Waals surface area contributed by atoms with Gasteiger partial charge in [-0.15, -0.1) is 0 Å². The molecule has 0 bridgehead atoms. The molecule has 16 heteroatoms. The first-order valence-corrected chi connectivity index (χ1v) is 34.2. The summed E-state index contributed by atoms with van der Waals surface area (Å²) in [6, 6.07) is 24.4. The molecule has 0 aliphatic rings. The van der Waals surface area contributed by atoms with Crippen molar-refractivity contribution in [2.24, 2.45) is 32.3 Å². The fourth-order valence-electron chi connectivity index (χ4n) is 11.4. The molecule has 2 amide bonds. The number of anilines is 2.